The van der Waals surface area contributed by atoms with E-state index < -0.39 is 6.10 Å². The number of rotatable bonds is 1. The molecule has 1 unspecified atom stereocenters. The average Bonchev–Trinajstić information content (AvgIpc) is 2.67. The molecule has 0 bridgehead atoms. The average molecular weight is 339 g/mol. The number of fused-ring (bicyclic) bond motifs is 1. The van der Waals surface area contributed by atoms with Crippen LogP contribution >= 0.6 is 27.3 Å². The van der Waals surface area contributed by atoms with Gasteiger partial charge in [0.1, 0.15) is 11.9 Å². The van der Waals surface area contributed by atoms with Crippen molar-refractivity contribution in [2.24, 2.45) is 0 Å². The van der Waals surface area contributed by atoms with Crippen LogP contribution in [-0.2, 0) is 0 Å². The lowest BCUT2D eigenvalue weighted by Gasteiger charge is -2.30. The number of aliphatic hydroxyl groups excluding tert-OH is 1. The summed E-state index contributed by atoms with van der Waals surface area (Å²) in [5.74, 6) is 0.779. The lowest BCUT2D eigenvalue weighted by Crippen LogP contribution is -2.19. The van der Waals surface area contributed by atoms with Crippen LogP contribution in [0.2, 0.25) is 0 Å². The third-order valence-electron chi connectivity index (χ3n) is 3.47. The minimum atomic E-state index is -0.457. The summed E-state index contributed by atoms with van der Waals surface area (Å²) >= 11 is 5.22. The van der Waals surface area contributed by atoms with Crippen LogP contribution < -0.4 is 4.74 Å². The lowest BCUT2D eigenvalue weighted by molar-refractivity contribution is 0.0656. The van der Waals surface area contributed by atoms with Gasteiger partial charge in [0.2, 0.25) is 0 Å². The summed E-state index contributed by atoms with van der Waals surface area (Å²) in [6.07, 6.45) is 0.106. The van der Waals surface area contributed by atoms with Gasteiger partial charge in [0, 0.05) is 31.8 Å². The standard InChI is InChI=1S/C15H15BrO2S/c1-8-5-12(9(2)19-8)15-7-13(17)11-4-3-10(16)6-14(11)18-15/h3-6,13,15,17H,7H2,1-2H3/t13-,15?/m0/s1. The Labute approximate surface area is 125 Å². The number of hydrogen-bond donors (Lipinski definition) is 1. The van der Waals surface area contributed by atoms with Gasteiger partial charge in [-0.1, -0.05) is 22.0 Å². The van der Waals surface area contributed by atoms with E-state index >= 15 is 0 Å². The maximum atomic E-state index is 10.3. The largest absolute Gasteiger partial charge is 0.485 e. The highest BCUT2D eigenvalue weighted by Crippen LogP contribution is 2.43. The van der Waals surface area contributed by atoms with E-state index in [1.807, 2.05) is 18.2 Å². The van der Waals surface area contributed by atoms with Crippen molar-refractivity contribution in [3.8, 4) is 5.75 Å². The van der Waals surface area contributed by atoms with Crippen LogP contribution in [0.5, 0.6) is 5.75 Å². The zero-order valence-electron chi connectivity index (χ0n) is 10.8. The molecule has 0 aliphatic carbocycles. The highest BCUT2D eigenvalue weighted by molar-refractivity contribution is 9.10. The van der Waals surface area contributed by atoms with Crippen LogP contribution in [-0.4, -0.2) is 5.11 Å². The Hall–Kier alpha value is -0.840. The van der Waals surface area contributed by atoms with Crippen molar-refractivity contribution in [1.82, 2.24) is 0 Å². The van der Waals surface area contributed by atoms with Crippen LogP contribution in [0, 0.1) is 13.8 Å². The number of aryl methyl sites for hydroxylation is 2. The molecule has 0 radical (unpaired) electrons. The zero-order chi connectivity index (χ0) is 13.6. The molecule has 100 valence electrons. The molecule has 1 aromatic heterocycles. The van der Waals surface area contributed by atoms with Crippen LogP contribution in [0.3, 0.4) is 0 Å². The molecular weight excluding hydrogens is 324 g/mol. The SMILES string of the molecule is Cc1cc(C2C[C@H](O)c3ccc(Br)cc3O2)c(C)s1. The molecule has 1 N–H and O–H groups in total. The Kier molecular flexibility index (Phi) is 3.41. The van der Waals surface area contributed by atoms with E-state index in [-0.39, 0.29) is 6.10 Å². The molecule has 0 amide bonds. The van der Waals surface area contributed by atoms with Crippen molar-refractivity contribution < 1.29 is 9.84 Å². The molecule has 4 heteroatoms. The van der Waals surface area contributed by atoms with Gasteiger partial charge in [0.05, 0.1) is 6.10 Å². The molecule has 0 saturated heterocycles. The first-order valence-corrected chi connectivity index (χ1v) is 7.86. The second-order valence-electron chi connectivity index (χ2n) is 4.91. The number of halogens is 1. The maximum absolute atomic E-state index is 10.3. The Balaban J connectivity index is 1.98. The molecule has 1 aliphatic rings. The van der Waals surface area contributed by atoms with Gasteiger partial charge in [-0.3, -0.25) is 0 Å². The van der Waals surface area contributed by atoms with E-state index in [4.69, 9.17) is 4.74 Å². The summed E-state index contributed by atoms with van der Waals surface area (Å²) in [6.45, 7) is 4.21. The molecule has 2 heterocycles. The molecule has 1 aliphatic heterocycles. The minimum absolute atomic E-state index is 0.0539. The third-order valence-corrected chi connectivity index (χ3v) is 4.94. The fraction of sp³-hybridized carbons (Fsp3) is 0.333. The van der Waals surface area contributed by atoms with Gasteiger partial charge in [0.15, 0.2) is 0 Å². The molecular formula is C15H15BrO2S. The summed E-state index contributed by atoms with van der Waals surface area (Å²) in [6, 6.07) is 7.96. The second kappa shape index (κ2) is 4.93. The first kappa shape index (κ1) is 13.2. The van der Waals surface area contributed by atoms with Crippen molar-refractivity contribution in [1.29, 1.82) is 0 Å². The topological polar surface area (TPSA) is 29.5 Å². The van der Waals surface area contributed by atoms with Crippen LogP contribution in [0.4, 0.5) is 0 Å². The molecule has 2 atom stereocenters. The van der Waals surface area contributed by atoms with Crippen molar-refractivity contribution in [2.75, 3.05) is 0 Å². The van der Waals surface area contributed by atoms with E-state index in [0.717, 1.165) is 15.8 Å². The fourth-order valence-corrected chi connectivity index (χ4v) is 3.89. The van der Waals surface area contributed by atoms with E-state index in [1.165, 1.54) is 15.3 Å². The molecule has 0 fully saturated rings. The summed E-state index contributed by atoms with van der Waals surface area (Å²) in [5.41, 5.74) is 2.08. The van der Waals surface area contributed by atoms with Gasteiger partial charge in [-0.2, -0.15) is 0 Å². The highest BCUT2D eigenvalue weighted by Gasteiger charge is 2.29. The fourth-order valence-electron chi connectivity index (χ4n) is 2.58. The number of benzene rings is 1. The lowest BCUT2D eigenvalue weighted by atomic mass is 9.95. The Bertz CT molecular complexity index is 621. The predicted molar refractivity (Wildman–Crippen MR) is 80.9 cm³/mol. The maximum Gasteiger partial charge on any atom is 0.128 e. The summed E-state index contributed by atoms with van der Waals surface area (Å²) in [7, 11) is 0. The molecule has 2 nitrogen and oxygen atoms in total. The summed E-state index contributed by atoms with van der Waals surface area (Å²) in [5, 5.41) is 10.3. The Morgan fingerprint density at radius 1 is 1.26 bits per heavy atom. The van der Waals surface area contributed by atoms with Gasteiger partial charge < -0.3 is 9.84 Å². The van der Waals surface area contributed by atoms with Crippen molar-refractivity contribution in [3.05, 3.63) is 49.6 Å². The number of ether oxygens (including phenoxy) is 1. The molecule has 1 aromatic carbocycles. The molecule has 2 aromatic rings. The number of thiophene rings is 1. The van der Waals surface area contributed by atoms with Crippen molar-refractivity contribution in [2.45, 2.75) is 32.5 Å². The highest BCUT2D eigenvalue weighted by atomic mass is 79.9. The predicted octanol–water partition coefficient (Wildman–Crippen LogP) is 4.68. The van der Waals surface area contributed by atoms with Gasteiger partial charge in [-0.15, -0.1) is 11.3 Å². The minimum Gasteiger partial charge on any atom is -0.485 e. The zero-order valence-corrected chi connectivity index (χ0v) is 13.2. The van der Waals surface area contributed by atoms with E-state index in [2.05, 4.69) is 35.8 Å². The smallest absolute Gasteiger partial charge is 0.128 e. The van der Waals surface area contributed by atoms with Crippen molar-refractivity contribution in [3.63, 3.8) is 0 Å². The first-order valence-electron chi connectivity index (χ1n) is 6.25. The normalized spacial score (nSPS) is 21.9. The first-order chi connectivity index (χ1) is 9.04. The molecule has 0 spiro atoms. The van der Waals surface area contributed by atoms with Gasteiger partial charge in [-0.25, -0.2) is 0 Å². The molecule has 0 saturated carbocycles. The van der Waals surface area contributed by atoms with Gasteiger partial charge in [-0.05, 0) is 32.0 Å². The Morgan fingerprint density at radius 3 is 2.74 bits per heavy atom. The quantitative estimate of drug-likeness (QED) is 0.817. The second-order valence-corrected chi connectivity index (χ2v) is 7.28. The Morgan fingerprint density at radius 2 is 2.05 bits per heavy atom. The number of hydrogen-bond acceptors (Lipinski definition) is 3. The van der Waals surface area contributed by atoms with E-state index in [9.17, 15) is 5.11 Å². The van der Waals surface area contributed by atoms with Gasteiger partial charge in [0.25, 0.3) is 0 Å². The third kappa shape index (κ3) is 2.45. The van der Waals surface area contributed by atoms with E-state index in [1.54, 1.807) is 11.3 Å². The van der Waals surface area contributed by atoms with Crippen LogP contribution in [0.25, 0.3) is 0 Å². The summed E-state index contributed by atoms with van der Waals surface area (Å²) in [4.78, 5) is 2.55. The van der Waals surface area contributed by atoms with E-state index in [0.29, 0.717) is 6.42 Å². The van der Waals surface area contributed by atoms with Crippen LogP contribution in [0.1, 0.15) is 39.5 Å². The molecule has 3 rings (SSSR count). The van der Waals surface area contributed by atoms with Crippen molar-refractivity contribution >= 4 is 27.3 Å². The monoisotopic (exact) mass is 338 g/mol. The van der Waals surface area contributed by atoms with Gasteiger partial charge >= 0.3 is 0 Å². The van der Waals surface area contributed by atoms with Crippen LogP contribution in [0.15, 0.2) is 28.7 Å². The summed E-state index contributed by atoms with van der Waals surface area (Å²) < 4.78 is 7.05. The molecule has 19 heavy (non-hydrogen) atoms. The number of aliphatic hydroxyl groups is 1.